The number of nitrogens with one attached hydrogen (secondary N) is 2. The Morgan fingerprint density at radius 1 is 1.32 bits per heavy atom. The molecule has 3 heterocycles. The number of sulfonamides is 1. The van der Waals surface area contributed by atoms with E-state index in [9.17, 15) is 13.2 Å². The fourth-order valence-electron chi connectivity index (χ4n) is 3.19. The highest BCUT2D eigenvalue weighted by Crippen LogP contribution is 2.31. The van der Waals surface area contributed by atoms with Crippen LogP contribution in [0.2, 0.25) is 0 Å². The van der Waals surface area contributed by atoms with E-state index in [0.29, 0.717) is 30.6 Å². The molecule has 0 radical (unpaired) electrons. The first kappa shape index (κ1) is 17.3. The van der Waals surface area contributed by atoms with Gasteiger partial charge in [-0.3, -0.25) is 4.79 Å². The zero-order valence-electron chi connectivity index (χ0n) is 12.6. The molecule has 0 bridgehead atoms. The summed E-state index contributed by atoms with van der Waals surface area (Å²) in [5, 5.41) is 5.81. The van der Waals surface area contributed by atoms with Crippen molar-refractivity contribution >= 4 is 28.3 Å². The lowest BCUT2D eigenvalue weighted by molar-refractivity contribution is 0.0955. The van der Waals surface area contributed by atoms with Gasteiger partial charge in [0.05, 0.1) is 0 Å². The van der Waals surface area contributed by atoms with Crippen LogP contribution in [0, 0.1) is 11.8 Å². The van der Waals surface area contributed by atoms with Gasteiger partial charge in [-0.05, 0) is 31.0 Å². The van der Waals surface area contributed by atoms with Crippen molar-refractivity contribution in [3.63, 3.8) is 0 Å². The van der Waals surface area contributed by atoms with Crippen LogP contribution in [-0.4, -0.2) is 56.4 Å². The lowest BCUT2D eigenvalue weighted by Crippen LogP contribution is -2.31. The van der Waals surface area contributed by atoms with Crippen LogP contribution in [0.3, 0.4) is 0 Å². The number of aryl methyl sites for hydroxylation is 1. The van der Waals surface area contributed by atoms with Crippen LogP contribution in [0.1, 0.15) is 10.5 Å². The van der Waals surface area contributed by atoms with Crippen molar-refractivity contribution in [3.05, 3.63) is 18.0 Å². The lowest BCUT2D eigenvalue weighted by Gasteiger charge is -2.16. The molecule has 124 valence electrons. The SMILES string of the molecule is CNC(=O)c1cc(S(=O)(=O)N2C[C@H]3CNC[C@H]3C2)cn1C.Cl. The van der Waals surface area contributed by atoms with Gasteiger partial charge in [0.1, 0.15) is 10.6 Å². The maximum absolute atomic E-state index is 12.7. The van der Waals surface area contributed by atoms with Crippen LogP contribution in [0.5, 0.6) is 0 Å². The second-order valence-corrected chi connectivity index (χ2v) is 7.69. The highest BCUT2D eigenvalue weighted by atomic mass is 35.5. The Balaban J connectivity index is 0.00000176. The van der Waals surface area contributed by atoms with Gasteiger partial charge in [-0.2, -0.15) is 4.31 Å². The van der Waals surface area contributed by atoms with Crippen LogP contribution in [-0.2, 0) is 17.1 Å². The number of hydrogen-bond acceptors (Lipinski definition) is 4. The monoisotopic (exact) mass is 348 g/mol. The number of fused-ring (bicyclic) bond motifs is 1. The summed E-state index contributed by atoms with van der Waals surface area (Å²) >= 11 is 0. The molecule has 2 N–H and O–H groups in total. The van der Waals surface area contributed by atoms with E-state index in [1.54, 1.807) is 15.9 Å². The summed E-state index contributed by atoms with van der Waals surface area (Å²) in [7, 11) is -0.321. The number of carbonyl (C=O) groups is 1. The summed E-state index contributed by atoms with van der Waals surface area (Å²) in [4.78, 5) is 11.9. The molecule has 2 saturated heterocycles. The van der Waals surface area contributed by atoms with Crippen molar-refractivity contribution < 1.29 is 13.2 Å². The maximum atomic E-state index is 12.7. The normalized spacial score (nSPS) is 24.8. The van der Waals surface area contributed by atoms with Crippen molar-refractivity contribution in [1.29, 1.82) is 0 Å². The number of rotatable bonds is 3. The minimum Gasteiger partial charge on any atom is -0.354 e. The molecule has 0 unspecified atom stereocenters. The minimum atomic E-state index is -3.52. The van der Waals surface area contributed by atoms with Crippen molar-refractivity contribution in [1.82, 2.24) is 19.5 Å². The standard InChI is InChI=1S/C13H20N4O3S.ClH/c1-14-13(18)12-3-11(8-16(12)2)21(19,20)17-6-9-4-15-5-10(9)7-17;/h3,8-10,15H,4-7H2,1-2H3,(H,14,18);1H/t9-,10+;. The van der Waals surface area contributed by atoms with Crippen LogP contribution in [0.15, 0.2) is 17.2 Å². The van der Waals surface area contributed by atoms with E-state index < -0.39 is 10.0 Å². The average molecular weight is 349 g/mol. The molecule has 1 aromatic heterocycles. The highest BCUT2D eigenvalue weighted by Gasteiger charge is 2.41. The molecule has 1 aromatic rings. The molecule has 1 amide bonds. The maximum Gasteiger partial charge on any atom is 0.267 e. The fourth-order valence-corrected chi connectivity index (χ4v) is 4.81. The highest BCUT2D eigenvalue weighted by molar-refractivity contribution is 7.89. The van der Waals surface area contributed by atoms with Crippen molar-refractivity contribution in [3.8, 4) is 0 Å². The third-order valence-corrected chi connectivity index (χ3v) is 6.23. The molecular weight excluding hydrogens is 328 g/mol. The van der Waals surface area contributed by atoms with Gasteiger partial charge in [0.25, 0.3) is 5.91 Å². The summed E-state index contributed by atoms with van der Waals surface area (Å²) in [6.07, 6.45) is 1.51. The summed E-state index contributed by atoms with van der Waals surface area (Å²) < 4.78 is 28.5. The topological polar surface area (TPSA) is 83.4 Å². The average Bonchev–Trinajstić information content (AvgIpc) is 3.10. The molecule has 7 nitrogen and oxygen atoms in total. The first-order valence-corrected chi connectivity index (χ1v) is 8.47. The quantitative estimate of drug-likeness (QED) is 0.782. The van der Waals surface area contributed by atoms with Crippen molar-refractivity contribution in [2.75, 3.05) is 33.2 Å². The van der Waals surface area contributed by atoms with Crippen LogP contribution in [0.4, 0.5) is 0 Å². The molecule has 9 heteroatoms. The molecule has 2 aliphatic heterocycles. The molecular formula is C13H21ClN4O3S. The molecule has 0 aromatic carbocycles. The van der Waals surface area contributed by atoms with Gasteiger partial charge in [-0.1, -0.05) is 0 Å². The molecule has 0 spiro atoms. The third-order valence-electron chi connectivity index (χ3n) is 4.43. The zero-order chi connectivity index (χ0) is 15.2. The first-order valence-electron chi connectivity index (χ1n) is 7.03. The van der Waals surface area contributed by atoms with Gasteiger partial charge in [0.15, 0.2) is 0 Å². The van der Waals surface area contributed by atoms with Gasteiger partial charge in [-0.25, -0.2) is 8.42 Å². The number of carbonyl (C=O) groups excluding carboxylic acids is 1. The van der Waals surface area contributed by atoms with E-state index in [0.717, 1.165) is 13.1 Å². The summed E-state index contributed by atoms with van der Waals surface area (Å²) in [5.41, 5.74) is 0.345. The summed E-state index contributed by atoms with van der Waals surface area (Å²) in [6, 6.07) is 1.44. The Morgan fingerprint density at radius 3 is 2.45 bits per heavy atom. The van der Waals surface area contributed by atoms with E-state index in [4.69, 9.17) is 0 Å². The second-order valence-electron chi connectivity index (χ2n) is 5.75. The van der Waals surface area contributed by atoms with E-state index in [2.05, 4.69) is 10.6 Å². The number of aromatic nitrogens is 1. The smallest absolute Gasteiger partial charge is 0.267 e. The molecule has 0 aliphatic carbocycles. The molecule has 0 saturated carbocycles. The van der Waals surface area contributed by atoms with Crippen LogP contribution >= 0.6 is 12.4 Å². The largest absolute Gasteiger partial charge is 0.354 e. The number of nitrogens with zero attached hydrogens (tertiary/aromatic N) is 2. The van der Waals surface area contributed by atoms with Crippen molar-refractivity contribution in [2.45, 2.75) is 4.90 Å². The van der Waals surface area contributed by atoms with E-state index in [-0.39, 0.29) is 23.2 Å². The van der Waals surface area contributed by atoms with Crippen LogP contribution in [0.25, 0.3) is 0 Å². The Hall–Kier alpha value is -1.09. The lowest BCUT2D eigenvalue weighted by atomic mass is 10.0. The fraction of sp³-hybridized carbons (Fsp3) is 0.615. The van der Waals surface area contributed by atoms with E-state index in [1.165, 1.54) is 19.3 Å². The number of halogens is 1. The predicted octanol–water partition coefficient (Wildman–Crippen LogP) is -0.354. The van der Waals surface area contributed by atoms with Crippen LogP contribution < -0.4 is 10.6 Å². The predicted molar refractivity (Wildman–Crippen MR) is 84.7 cm³/mol. The molecule has 2 aliphatic rings. The Bertz CT molecular complexity index is 661. The van der Waals surface area contributed by atoms with Gasteiger partial charge in [-0.15, -0.1) is 12.4 Å². The van der Waals surface area contributed by atoms with Crippen molar-refractivity contribution in [2.24, 2.45) is 18.9 Å². The minimum absolute atomic E-state index is 0. The third kappa shape index (κ3) is 2.76. The van der Waals surface area contributed by atoms with Gasteiger partial charge in [0, 0.05) is 33.4 Å². The zero-order valence-corrected chi connectivity index (χ0v) is 14.2. The first-order chi connectivity index (χ1) is 9.93. The Labute approximate surface area is 136 Å². The molecule has 3 rings (SSSR count). The molecule has 2 atom stereocenters. The molecule has 2 fully saturated rings. The molecule has 22 heavy (non-hydrogen) atoms. The number of amides is 1. The van der Waals surface area contributed by atoms with Gasteiger partial charge in [0.2, 0.25) is 10.0 Å². The second kappa shape index (κ2) is 6.19. The van der Waals surface area contributed by atoms with E-state index in [1.807, 2.05) is 0 Å². The summed E-state index contributed by atoms with van der Waals surface area (Å²) in [6.45, 7) is 2.89. The Kier molecular flexibility index (Phi) is 4.86. The summed E-state index contributed by atoms with van der Waals surface area (Å²) in [5.74, 6) is 0.519. The Morgan fingerprint density at radius 2 is 1.91 bits per heavy atom. The van der Waals surface area contributed by atoms with Gasteiger partial charge >= 0.3 is 0 Å². The number of hydrogen-bond donors (Lipinski definition) is 2. The van der Waals surface area contributed by atoms with Gasteiger partial charge < -0.3 is 15.2 Å². The van der Waals surface area contributed by atoms with E-state index >= 15 is 0 Å².